The van der Waals surface area contributed by atoms with Crippen LogP contribution in [-0.2, 0) is 22.2 Å². The number of aromatic nitrogens is 3. The van der Waals surface area contributed by atoms with Crippen molar-refractivity contribution in [2.45, 2.75) is 31.0 Å². The number of nitrogens with zero attached hydrogens (tertiary/aromatic N) is 3. The van der Waals surface area contributed by atoms with E-state index >= 15 is 0 Å². The Hall–Kier alpha value is -2.84. The lowest BCUT2D eigenvalue weighted by atomic mass is 10.0. The molecule has 8 nitrogen and oxygen atoms in total. The van der Waals surface area contributed by atoms with E-state index in [2.05, 4.69) is 20.3 Å². The van der Waals surface area contributed by atoms with Crippen molar-refractivity contribution in [2.75, 3.05) is 31.2 Å². The molecule has 0 amide bonds. The maximum Gasteiger partial charge on any atom is 0.416 e. The molecule has 1 fully saturated rings. The van der Waals surface area contributed by atoms with Crippen LogP contribution in [0.5, 0.6) is 0 Å². The summed E-state index contributed by atoms with van der Waals surface area (Å²) in [5.41, 5.74) is -0.622. The Balaban J connectivity index is 0.000000623. The maximum atomic E-state index is 14.6. The number of hydrogen-bond acceptors (Lipinski definition) is 6. The molecule has 14 heteroatoms. The minimum atomic E-state index is -4.54. The van der Waals surface area contributed by atoms with E-state index in [1.807, 2.05) is 6.07 Å². The van der Waals surface area contributed by atoms with Crippen LogP contribution in [0, 0.1) is 0 Å². The first-order valence-electron chi connectivity index (χ1n) is 10.5. The van der Waals surface area contributed by atoms with Crippen LogP contribution in [0.1, 0.15) is 24.0 Å². The summed E-state index contributed by atoms with van der Waals surface area (Å²) in [5.74, 6) is -2.52. The van der Waals surface area contributed by atoms with Gasteiger partial charge in [-0.3, -0.25) is 9.45 Å². The topological polar surface area (TPSA) is 111 Å². The number of likely N-dealkylation sites (tertiary alicyclic amines) is 1. The molecule has 1 saturated heterocycles. The summed E-state index contributed by atoms with van der Waals surface area (Å²) in [4.78, 5) is 13.0. The van der Waals surface area contributed by atoms with E-state index in [4.69, 9.17) is 4.55 Å². The lowest BCUT2D eigenvalue weighted by Crippen LogP contribution is -2.43. The Bertz CT molecular complexity index is 1220. The van der Waals surface area contributed by atoms with Gasteiger partial charge < -0.3 is 10.3 Å². The first-order valence-corrected chi connectivity index (χ1v) is 12.3. The molecule has 1 aromatic carbocycles. The van der Waals surface area contributed by atoms with Crippen molar-refractivity contribution in [3.8, 4) is 0 Å². The largest absolute Gasteiger partial charge is 0.416 e. The highest BCUT2D eigenvalue weighted by atomic mass is 32.2. The number of alkyl halides is 5. The molecule has 1 aliphatic heterocycles. The molecule has 0 unspecified atom stereocenters. The SMILES string of the molecule is CS(=O)(=O)O.FC(F)(F)c1ccc(C(F)(F)CN2CCC(Nc3ncnc4[nH]ccc34)CC2)cc1. The van der Waals surface area contributed by atoms with Crippen molar-refractivity contribution < 1.29 is 34.9 Å². The van der Waals surface area contributed by atoms with Gasteiger partial charge in [0.05, 0.1) is 23.8 Å². The molecule has 4 rings (SSSR count). The molecule has 2 aromatic heterocycles. The van der Waals surface area contributed by atoms with Gasteiger partial charge in [0.25, 0.3) is 16.0 Å². The van der Waals surface area contributed by atoms with E-state index in [0.717, 1.165) is 23.2 Å². The zero-order chi connectivity index (χ0) is 25.9. The highest BCUT2D eigenvalue weighted by Crippen LogP contribution is 2.34. The molecule has 35 heavy (non-hydrogen) atoms. The van der Waals surface area contributed by atoms with E-state index in [-0.39, 0.29) is 6.04 Å². The number of anilines is 1. The minimum absolute atomic E-state index is 0.0916. The monoisotopic (exact) mass is 521 g/mol. The summed E-state index contributed by atoms with van der Waals surface area (Å²) in [6.07, 6.45) is 0.709. The predicted molar refractivity (Wildman–Crippen MR) is 120 cm³/mol. The van der Waals surface area contributed by atoms with Gasteiger partial charge >= 0.3 is 6.18 Å². The Morgan fingerprint density at radius 1 is 1.06 bits per heavy atom. The van der Waals surface area contributed by atoms with Gasteiger partial charge in [0, 0.05) is 30.9 Å². The molecule has 0 saturated carbocycles. The highest BCUT2D eigenvalue weighted by molar-refractivity contribution is 7.85. The van der Waals surface area contributed by atoms with E-state index in [1.54, 1.807) is 11.1 Å². The molecule has 1 aliphatic rings. The van der Waals surface area contributed by atoms with Crippen LogP contribution < -0.4 is 5.32 Å². The van der Waals surface area contributed by atoms with E-state index in [1.165, 1.54) is 6.33 Å². The highest BCUT2D eigenvalue weighted by Gasteiger charge is 2.37. The van der Waals surface area contributed by atoms with Crippen LogP contribution in [0.15, 0.2) is 42.9 Å². The standard InChI is InChI=1S/C20H20F5N5.CH4O3S/c21-19(22,13-1-3-14(4-2-13)20(23,24)25)11-30-9-6-15(7-10-30)29-18-16-5-8-26-17(16)27-12-28-18;1-5(2,3)4/h1-5,8,12,15H,6-7,9-11H2,(H2,26,27,28,29);1H3,(H,2,3,4). The average molecular weight is 522 g/mol. The fourth-order valence-corrected chi connectivity index (χ4v) is 3.69. The summed E-state index contributed by atoms with van der Waals surface area (Å²) in [6, 6.07) is 5.07. The molecule has 3 heterocycles. The van der Waals surface area contributed by atoms with Crippen molar-refractivity contribution in [1.82, 2.24) is 19.9 Å². The molecular formula is C21H24F5N5O3S. The van der Waals surface area contributed by atoms with Crippen molar-refractivity contribution in [3.63, 3.8) is 0 Å². The Kier molecular flexibility index (Phi) is 7.97. The normalized spacial score (nSPS) is 16.1. The molecule has 0 spiro atoms. The number of hydrogen-bond donors (Lipinski definition) is 3. The number of aromatic amines is 1. The van der Waals surface area contributed by atoms with Gasteiger partial charge in [0.15, 0.2) is 0 Å². The van der Waals surface area contributed by atoms with E-state index < -0.39 is 39.9 Å². The average Bonchev–Trinajstić information content (AvgIpc) is 3.23. The van der Waals surface area contributed by atoms with Crippen LogP contribution in [0.2, 0.25) is 0 Å². The third-order valence-corrected chi connectivity index (χ3v) is 5.34. The molecule has 0 atom stereocenters. The number of fused-ring (bicyclic) bond motifs is 1. The number of nitrogens with one attached hydrogen (secondary N) is 2. The number of benzene rings is 1. The Morgan fingerprint density at radius 2 is 1.63 bits per heavy atom. The first kappa shape index (κ1) is 26.8. The summed E-state index contributed by atoms with van der Waals surface area (Å²) < 4.78 is 93.0. The third-order valence-electron chi connectivity index (χ3n) is 5.34. The van der Waals surface area contributed by atoms with Crippen molar-refractivity contribution in [1.29, 1.82) is 0 Å². The second-order valence-corrected chi connectivity index (χ2v) is 9.64. The van der Waals surface area contributed by atoms with Gasteiger partial charge in [-0.2, -0.15) is 30.4 Å². The van der Waals surface area contributed by atoms with Crippen molar-refractivity contribution in [3.05, 3.63) is 54.0 Å². The molecule has 0 radical (unpaired) electrons. The lowest BCUT2D eigenvalue weighted by molar-refractivity contribution is -0.137. The molecule has 0 aliphatic carbocycles. The van der Waals surface area contributed by atoms with Crippen LogP contribution in [0.4, 0.5) is 27.8 Å². The molecule has 0 bridgehead atoms. The zero-order valence-corrected chi connectivity index (χ0v) is 19.4. The second kappa shape index (κ2) is 10.4. The summed E-state index contributed by atoms with van der Waals surface area (Å²) in [5, 5.41) is 4.22. The van der Waals surface area contributed by atoms with E-state index in [0.29, 0.717) is 50.1 Å². The van der Waals surface area contributed by atoms with Gasteiger partial charge in [0.1, 0.15) is 17.8 Å². The third kappa shape index (κ3) is 7.83. The molecule has 192 valence electrons. The maximum absolute atomic E-state index is 14.6. The molecule has 3 N–H and O–H groups in total. The quantitative estimate of drug-likeness (QED) is 0.342. The van der Waals surface area contributed by atoms with Crippen LogP contribution in [0.3, 0.4) is 0 Å². The van der Waals surface area contributed by atoms with Gasteiger partial charge in [-0.1, -0.05) is 12.1 Å². The number of H-pyrrole nitrogens is 1. The smallest absolute Gasteiger partial charge is 0.367 e. The lowest BCUT2D eigenvalue weighted by Gasteiger charge is -2.34. The fraction of sp³-hybridized carbons (Fsp3) is 0.429. The molecule has 3 aromatic rings. The van der Waals surface area contributed by atoms with Gasteiger partial charge in [-0.15, -0.1) is 0 Å². The molecular weight excluding hydrogens is 497 g/mol. The fourth-order valence-electron chi connectivity index (χ4n) is 3.69. The van der Waals surface area contributed by atoms with Gasteiger partial charge in [-0.05, 0) is 31.0 Å². The van der Waals surface area contributed by atoms with Gasteiger partial charge in [0.2, 0.25) is 0 Å². The van der Waals surface area contributed by atoms with Crippen LogP contribution in [-0.4, -0.2) is 64.8 Å². The van der Waals surface area contributed by atoms with Crippen molar-refractivity contribution >= 4 is 27.0 Å². The van der Waals surface area contributed by atoms with Crippen molar-refractivity contribution in [2.24, 2.45) is 0 Å². The number of rotatable bonds is 5. The summed E-state index contributed by atoms with van der Waals surface area (Å²) in [7, 11) is -3.67. The second-order valence-electron chi connectivity index (χ2n) is 8.17. The van der Waals surface area contributed by atoms with E-state index in [9.17, 15) is 30.4 Å². The zero-order valence-electron chi connectivity index (χ0n) is 18.6. The predicted octanol–water partition coefficient (Wildman–Crippen LogP) is 4.15. The summed E-state index contributed by atoms with van der Waals surface area (Å²) in [6.45, 7) is 0.380. The van der Waals surface area contributed by atoms with Crippen LogP contribution in [0.25, 0.3) is 11.0 Å². The minimum Gasteiger partial charge on any atom is -0.367 e. The Morgan fingerprint density at radius 3 is 2.20 bits per heavy atom. The summed E-state index contributed by atoms with van der Waals surface area (Å²) >= 11 is 0. The number of piperidine rings is 1. The first-order chi connectivity index (χ1) is 16.2. The Labute approximate surface area is 198 Å². The van der Waals surface area contributed by atoms with Crippen LogP contribution >= 0.6 is 0 Å². The number of halogens is 5. The van der Waals surface area contributed by atoms with Gasteiger partial charge in [-0.25, -0.2) is 9.97 Å².